The molecule has 1 aliphatic rings. The minimum Gasteiger partial charge on any atom is -0.486 e. The molecule has 1 unspecified atom stereocenters. The number of rotatable bonds is 6. The first kappa shape index (κ1) is 30.5. The molecular weight excluding hydrogens is 585 g/mol. The number of aromatic nitrogens is 5. The number of halogens is 4. The van der Waals surface area contributed by atoms with Crippen LogP contribution in [-0.2, 0) is 17.4 Å². The Balaban J connectivity index is 0.000000493. The van der Waals surface area contributed by atoms with Crippen molar-refractivity contribution in [1.82, 2.24) is 25.0 Å². The summed E-state index contributed by atoms with van der Waals surface area (Å²) in [5, 5.41) is 29.6. The van der Waals surface area contributed by atoms with Crippen LogP contribution in [0.5, 0.6) is 5.75 Å². The number of ether oxygens (including phenoxy) is 1. The number of hydrogen-bond donors (Lipinski definition) is 2. The third kappa shape index (κ3) is 5.95. The number of aryl methyl sites for hydroxylation is 3. The maximum absolute atomic E-state index is 12.3. The van der Waals surface area contributed by atoms with E-state index in [-0.39, 0.29) is 6.10 Å². The van der Waals surface area contributed by atoms with Gasteiger partial charge < -0.3 is 19.8 Å². The molecule has 15 heteroatoms. The average Bonchev–Trinajstić information content (AvgIpc) is 3.44. The van der Waals surface area contributed by atoms with Crippen LogP contribution in [-0.4, -0.2) is 66.5 Å². The van der Waals surface area contributed by atoms with Gasteiger partial charge in [0, 0.05) is 25.5 Å². The summed E-state index contributed by atoms with van der Waals surface area (Å²) in [6.45, 7) is 9.63. The predicted octanol–water partition coefficient (Wildman–Crippen LogP) is 5.00. The molecule has 0 bridgehead atoms. The van der Waals surface area contributed by atoms with E-state index >= 15 is 0 Å². The van der Waals surface area contributed by atoms with Gasteiger partial charge in [-0.25, -0.2) is 19.4 Å². The Morgan fingerprint density at radius 3 is 2.32 bits per heavy atom. The number of aliphatic carboxylic acids is 1. The third-order valence-corrected chi connectivity index (χ3v) is 7.91. The molecule has 220 valence electrons. The molecule has 0 aliphatic carbocycles. The van der Waals surface area contributed by atoms with Crippen LogP contribution < -0.4 is 9.64 Å². The van der Waals surface area contributed by atoms with Crippen LogP contribution in [0.2, 0.25) is 5.02 Å². The lowest BCUT2D eigenvalue weighted by atomic mass is 9.87. The van der Waals surface area contributed by atoms with E-state index in [2.05, 4.69) is 20.2 Å². The smallest absolute Gasteiger partial charge is 0.486 e. The summed E-state index contributed by atoms with van der Waals surface area (Å²) < 4.78 is 39.5. The fourth-order valence-corrected chi connectivity index (χ4v) is 5.70. The zero-order valence-corrected chi connectivity index (χ0v) is 24.4. The van der Waals surface area contributed by atoms with Crippen LogP contribution in [0.25, 0.3) is 10.9 Å². The number of pyridine rings is 1. The molecule has 1 saturated heterocycles. The summed E-state index contributed by atoms with van der Waals surface area (Å²) in [6.07, 6.45) is -2.43. The van der Waals surface area contributed by atoms with E-state index in [1.165, 1.54) is 11.3 Å². The topological polar surface area (TPSA) is 126 Å². The normalized spacial score (nSPS) is 14.9. The number of aliphatic hydroxyl groups is 1. The van der Waals surface area contributed by atoms with Gasteiger partial charge in [-0.3, -0.25) is 0 Å². The second-order valence-corrected chi connectivity index (χ2v) is 11.3. The Labute approximate surface area is 242 Å². The van der Waals surface area contributed by atoms with Gasteiger partial charge in [0.1, 0.15) is 5.69 Å². The monoisotopic (exact) mass is 612 g/mol. The van der Waals surface area contributed by atoms with E-state index in [0.29, 0.717) is 27.4 Å². The van der Waals surface area contributed by atoms with E-state index in [0.717, 1.165) is 46.4 Å². The van der Waals surface area contributed by atoms with E-state index < -0.39 is 17.7 Å². The Hall–Kier alpha value is -3.49. The Morgan fingerprint density at radius 2 is 1.85 bits per heavy atom. The standard InChI is InChI=1S/C24H27ClN6O2S.C2HF3O2/c1-13(2)33-21-20(25)17-11-16(7-8-18(17)28-23(21)31-9-6-10-31)24(32,19-12-26-29-30(19)5)22-14(3)27-15(4)34-22;3-2(4,5)1(6)7/h7-8,11-13,32H,6,9-10H2,1-5H3;(H,6,7). The Morgan fingerprint density at radius 1 is 1.20 bits per heavy atom. The lowest BCUT2D eigenvalue weighted by molar-refractivity contribution is -0.192. The second-order valence-electron chi connectivity index (χ2n) is 9.72. The van der Waals surface area contributed by atoms with Gasteiger partial charge >= 0.3 is 12.1 Å². The minimum absolute atomic E-state index is 0.0553. The Kier molecular flexibility index (Phi) is 8.48. The van der Waals surface area contributed by atoms with Gasteiger partial charge in [-0.2, -0.15) is 13.2 Å². The summed E-state index contributed by atoms with van der Waals surface area (Å²) in [4.78, 5) is 21.3. The summed E-state index contributed by atoms with van der Waals surface area (Å²) >= 11 is 8.41. The lowest BCUT2D eigenvalue weighted by Crippen LogP contribution is -2.38. The summed E-state index contributed by atoms with van der Waals surface area (Å²) in [6, 6.07) is 5.67. The molecule has 41 heavy (non-hydrogen) atoms. The zero-order chi connectivity index (χ0) is 30.3. The first-order chi connectivity index (χ1) is 19.1. The minimum atomic E-state index is -5.08. The van der Waals surface area contributed by atoms with Crippen molar-refractivity contribution in [2.24, 2.45) is 7.05 Å². The van der Waals surface area contributed by atoms with E-state index in [4.69, 9.17) is 31.2 Å². The average molecular weight is 613 g/mol. The summed E-state index contributed by atoms with van der Waals surface area (Å²) in [5.41, 5.74) is 1.16. The predicted molar refractivity (Wildman–Crippen MR) is 148 cm³/mol. The number of benzene rings is 1. The number of alkyl halides is 3. The number of thiazole rings is 1. The number of carboxylic acid groups (broad SMARTS) is 1. The molecule has 1 aromatic carbocycles. The molecule has 0 spiro atoms. The summed E-state index contributed by atoms with van der Waals surface area (Å²) in [5.74, 6) is -1.41. The molecule has 0 amide bonds. The van der Waals surface area contributed by atoms with Gasteiger partial charge in [0.05, 0.1) is 38.4 Å². The highest BCUT2D eigenvalue weighted by Crippen LogP contribution is 2.45. The molecular formula is C26H28ClF3N6O4S. The van der Waals surface area contributed by atoms with E-state index in [1.54, 1.807) is 17.9 Å². The maximum atomic E-state index is 12.3. The lowest BCUT2D eigenvalue weighted by Gasteiger charge is -2.34. The first-order valence-electron chi connectivity index (χ1n) is 12.5. The Bertz CT molecular complexity index is 1590. The molecule has 10 nitrogen and oxygen atoms in total. The number of hydrogen-bond acceptors (Lipinski definition) is 9. The number of nitrogens with zero attached hydrogens (tertiary/aromatic N) is 6. The molecule has 1 aliphatic heterocycles. The highest BCUT2D eigenvalue weighted by molar-refractivity contribution is 7.11. The van der Waals surface area contributed by atoms with Crippen LogP contribution in [0.15, 0.2) is 24.4 Å². The van der Waals surface area contributed by atoms with Crippen LogP contribution in [0.1, 0.15) is 47.1 Å². The highest BCUT2D eigenvalue weighted by Gasteiger charge is 2.41. The first-order valence-corrected chi connectivity index (χ1v) is 13.7. The van der Waals surface area contributed by atoms with Crippen molar-refractivity contribution < 1.29 is 32.9 Å². The van der Waals surface area contributed by atoms with Crippen molar-refractivity contribution in [3.05, 3.63) is 56.3 Å². The van der Waals surface area contributed by atoms with Crippen molar-refractivity contribution in [1.29, 1.82) is 0 Å². The summed E-state index contributed by atoms with van der Waals surface area (Å²) in [7, 11) is 1.76. The van der Waals surface area contributed by atoms with Gasteiger partial charge in [0.15, 0.2) is 17.2 Å². The van der Waals surface area contributed by atoms with Crippen molar-refractivity contribution in [3.8, 4) is 5.75 Å². The van der Waals surface area contributed by atoms with Crippen LogP contribution in [0.4, 0.5) is 19.0 Å². The molecule has 3 aromatic heterocycles. The van der Waals surface area contributed by atoms with Crippen LogP contribution in [0.3, 0.4) is 0 Å². The fraction of sp³-hybridized carbons (Fsp3) is 0.423. The molecule has 4 heterocycles. The van der Waals surface area contributed by atoms with Gasteiger partial charge in [0.25, 0.3) is 0 Å². The van der Waals surface area contributed by atoms with Crippen LogP contribution >= 0.6 is 22.9 Å². The molecule has 0 radical (unpaired) electrons. The molecule has 1 atom stereocenters. The SMILES string of the molecule is Cc1nc(C)c(C(O)(c2ccc3nc(N4CCC4)c(OC(C)C)c(Cl)c3c2)c2cnnn2C)s1.O=C(O)C(F)(F)F. The zero-order valence-electron chi connectivity index (χ0n) is 22.8. The fourth-order valence-electron chi connectivity index (χ4n) is 4.38. The molecule has 5 rings (SSSR count). The molecule has 4 aromatic rings. The van der Waals surface area contributed by atoms with E-state index in [1.807, 2.05) is 45.9 Å². The van der Waals surface area contributed by atoms with Crippen molar-refractivity contribution >= 4 is 45.6 Å². The quantitative estimate of drug-likeness (QED) is 0.309. The largest absolute Gasteiger partial charge is 0.490 e. The molecule has 1 fully saturated rings. The van der Waals surface area contributed by atoms with Crippen molar-refractivity contribution in [3.63, 3.8) is 0 Å². The third-order valence-electron chi connectivity index (χ3n) is 6.35. The van der Waals surface area contributed by atoms with Gasteiger partial charge in [0.2, 0.25) is 0 Å². The second kappa shape index (κ2) is 11.4. The van der Waals surface area contributed by atoms with E-state index in [9.17, 15) is 18.3 Å². The number of fused-ring (bicyclic) bond motifs is 1. The highest BCUT2D eigenvalue weighted by atomic mass is 35.5. The van der Waals surface area contributed by atoms with Gasteiger partial charge in [-0.15, -0.1) is 16.4 Å². The molecule has 2 N–H and O–H groups in total. The molecule has 0 saturated carbocycles. The number of carbonyl (C=O) groups is 1. The number of anilines is 1. The van der Waals surface area contributed by atoms with Crippen molar-refractivity contribution in [2.45, 2.75) is 52.0 Å². The maximum Gasteiger partial charge on any atom is 0.490 e. The van der Waals surface area contributed by atoms with Crippen LogP contribution in [0, 0.1) is 13.8 Å². The van der Waals surface area contributed by atoms with Gasteiger partial charge in [-0.1, -0.05) is 22.9 Å². The van der Waals surface area contributed by atoms with Gasteiger partial charge in [-0.05, 0) is 51.8 Å². The van der Waals surface area contributed by atoms with Crippen molar-refractivity contribution in [2.75, 3.05) is 18.0 Å². The number of carboxylic acids is 1.